The lowest BCUT2D eigenvalue weighted by Gasteiger charge is -2.23. The van der Waals surface area contributed by atoms with Crippen LogP contribution < -0.4 is 4.74 Å². The average Bonchev–Trinajstić information content (AvgIpc) is 3.57. The molecule has 0 amide bonds. The van der Waals surface area contributed by atoms with Gasteiger partial charge in [-0.25, -0.2) is 0 Å². The molecular weight excluding hydrogens is 420 g/mol. The average molecular weight is 445 g/mol. The number of hydrogen-bond donors (Lipinski definition) is 0. The fourth-order valence-corrected chi connectivity index (χ4v) is 5.84. The Morgan fingerprint density at radius 3 is 1.85 bits per heavy atom. The van der Waals surface area contributed by atoms with Crippen molar-refractivity contribution in [2.45, 2.75) is 26.4 Å². The molecule has 0 saturated carbocycles. The first-order chi connectivity index (χ1) is 16.8. The molecular formula is C31H24O3. The van der Waals surface area contributed by atoms with E-state index in [1.165, 1.54) is 60.5 Å². The zero-order valence-electron chi connectivity index (χ0n) is 19.1. The van der Waals surface area contributed by atoms with Crippen LogP contribution in [0.4, 0.5) is 0 Å². The standard InChI is InChI=1S/C31H24O3/c1-32-28-14-13-20-8-3-5-11-22(20)30(28)31-27-18-34-16-25(27)24-15-33-17-26(24)29(31)23-12-6-9-19-7-2-4-10-21(19)23/h2-14H,15-18H2,1H3. The van der Waals surface area contributed by atoms with Gasteiger partial charge < -0.3 is 14.2 Å². The molecule has 0 unspecified atom stereocenters. The number of methoxy groups -OCH3 is 1. The molecule has 0 N–H and O–H groups in total. The van der Waals surface area contributed by atoms with Crippen molar-refractivity contribution in [3.63, 3.8) is 0 Å². The molecule has 0 fully saturated rings. The molecule has 0 bridgehead atoms. The Morgan fingerprint density at radius 2 is 1.12 bits per heavy atom. The highest BCUT2D eigenvalue weighted by Crippen LogP contribution is 2.51. The van der Waals surface area contributed by atoms with Crippen LogP contribution in [-0.2, 0) is 35.9 Å². The summed E-state index contributed by atoms with van der Waals surface area (Å²) in [5.74, 6) is 0.883. The summed E-state index contributed by atoms with van der Waals surface area (Å²) < 4.78 is 18.1. The predicted molar refractivity (Wildman–Crippen MR) is 136 cm³/mol. The van der Waals surface area contributed by atoms with Gasteiger partial charge in [-0.2, -0.15) is 0 Å². The number of ether oxygens (including phenoxy) is 3. The second kappa shape index (κ2) is 7.69. The number of fused-ring (bicyclic) bond motifs is 5. The molecule has 3 nitrogen and oxygen atoms in total. The van der Waals surface area contributed by atoms with Gasteiger partial charge in [0.1, 0.15) is 5.75 Å². The Bertz CT molecular complexity index is 1590. The van der Waals surface area contributed by atoms with Crippen LogP contribution in [-0.4, -0.2) is 7.11 Å². The first-order valence-electron chi connectivity index (χ1n) is 11.7. The topological polar surface area (TPSA) is 27.7 Å². The van der Waals surface area contributed by atoms with Gasteiger partial charge in [0.25, 0.3) is 0 Å². The third kappa shape index (κ3) is 2.78. The molecule has 0 aromatic heterocycles. The van der Waals surface area contributed by atoms with Crippen LogP contribution in [0.2, 0.25) is 0 Å². The molecule has 0 radical (unpaired) electrons. The highest BCUT2D eigenvalue weighted by atomic mass is 16.5. The van der Waals surface area contributed by atoms with Crippen LogP contribution in [0.1, 0.15) is 22.3 Å². The van der Waals surface area contributed by atoms with Gasteiger partial charge >= 0.3 is 0 Å². The Kier molecular flexibility index (Phi) is 4.48. The second-order valence-electron chi connectivity index (χ2n) is 9.04. The molecule has 5 aromatic carbocycles. The summed E-state index contributed by atoms with van der Waals surface area (Å²) in [7, 11) is 1.76. The molecule has 2 heterocycles. The molecule has 166 valence electrons. The second-order valence-corrected chi connectivity index (χ2v) is 9.04. The third-order valence-corrected chi connectivity index (χ3v) is 7.35. The normalized spacial score (nSPS) is 14.5. The predicted octanol–water partition coefficient (Wildman–Crippen LogP) is 7.40. The maximum atomic E-state index is 6.07. The molecule has 2 aliphatic heterocycles. The Hall–Kier alpha value is -3.66. The largest absolute Gasteiger partial charge is 0.496 e. The quantitative estimate of drug-likeness (QED) is 0.290. The lowest BCUT2D eigenvalue weighted by atomic mass is 9.80. The van der Waals surface area contributed by atoms with Crippen LogP contribution in [0.5, 0.6) is 5.75 Å². The Labute approximate surface area is 198 Å². The molecule has 5 aromatic rings. The fraction of sp³-hybridized carbons (Fsp3) is 0.161. The zero-order valence-corrected chi connectivity index (χ0v) is 19.1. The van der Waals surface area contributed by atoms with Crippen molar-refractivity contribution in [3.05, 3.63) is 101 Å². The molecule has 0 saturated heterocycles. The van der Waals surface area contributed by atoms with E-state index in [1.54, 1.807) is 7.11 Å². The smallest absolute Gasteiger partial charge is 0.127 e. The van der Waals surface area contributed by atoms with Gasteiger partial charge in [-0.3, -0.25) is 0 Å². The van der Waals surface area contributed by atoms with E-state index in [2.05, 4.69) is 78.9 Å². The minimum Gasteiger partial charge on any atom is -0.496 e. The van der Waals surface area contributed by atoms with E-state index in [0.29, 0.717) is 26.4 Å². The molecule has 3 heteroatoms. The summed E-state index contributed by atoms with van der Waals surface area (Å²) in [5.41, 5.74) is 10.00. The van der Waals surface area contributed by atoms with Gasteiger partial charge in [0, 0.05) is 11.1 Å². The van der Waals surface area contributed by atoms with Crippen molar-refractivity contribution < 1.29 is 14.2 Å². The number of rotatable bonds is 3. The van der Waals surface area contributed by atoms with Crippen LogP contribution in [0.25, 0.3) is 43.8 Å². The highest BCUT2D eigenvalue weighted by molar-refractivity contribution is 6.09. The van der Waals surface area contributed by atoms with Crippen molar-refractivity contribution in [2.24, 2.45) is 0 Å². The van der Waals surface area contributed by atoms with Crippen LogP contribution in [0.3, 0.4) is 0 Å². The summed E-state index contributed by atoms with van der Waals surface area (Å²) >= 11 is 0. The number of benzene rings is 5. The Balaban J connectivity index is 1.70. The highest BCUT2D eigenvalue weighted by Gasteiger charge is 2.33. The van der Waals surface area contributed by atoms with E-state index in [4.69, 9.17) is 14.2 Å². The van der Waals surface area contributed by atoms with E-state index in [-0.39, 0.29) is 0 Å². The molecule has 34 heavy (non-hydrogen) atoms. The first-order valence-corrected chi connectivity index (χ1v) is 11.7. The summed E-state index contributed by atoms with van der Waals surface area (Å²) in [6.07, 6.45) is 0. The maximum absolute atomic E-state index is 6.07. The van der Waals surface area contributed by atoms with Gasteiger partial charge in [-0.1, -0.05) is 72.8 Å². The summed E-state index contributed by atoms with van der Waals surface area (Å²) in [5, 5.41) is 4.88. The van der Waals surface area contributed by atoms with Gasteiger partial charge in [-0.15, -0.1) is 0 Å². The van der Waals surface area contributed by atoms with Crippen molar-refractivity contribution in [2.75, 3.05) is 7.11 Å². The Morgan fingerprint density at radius 1 is 0.529 bits per heavy atom. The summed E-state index contributed by atoms with van der Waals surface area (Å²) in [6, 6.07) is 28.0. The van der Waals surface area contributed by atoms with Gasteiger partial charge in [-0.05, 0) is 61.0 Å². The van der Waals surface area contributed by atoms with Gasteiger partial charge in [0.15, 0.2) is 0 Å². The third-order valence-electron chi connectivity index (χ3n) is 7.35. The molecule has 0 aliphatic carbocycles. The molecule has 2 aliphatic rings. The monoisotopic (exact) mass is 444 g/mol. The van der Waals surface area contributed by atoms with E-state index in [9.17, 15) is 0 Å². The minimum absolute atomic E-state index is 0.599. The van der Waals surface area contributed by atoms with E-state index in [1.807, 2.05) is 0 Å². The van der Waals surface area contributed by atoms with Gasteiger partial charge in [0.05, 0.1) is 33.5 Å². The van der Waals surface area contributed by atoms with E-state index >= 15 is 0 Å². The number of hydrogen-bond acceptors (Lipinski definition) is 3. The van der Waals surface area contributed by atoms with Crippen LogP contribution in [0, 0.1) is 0 Å². The van der Waals surface area contributed by atoms with Crippen molar-refractivity contribution in [3.8, 4) is 28.0 Å². The molecule has 0 spiro atoms. The maximum Gasteiger partial charge on any atom is 0.127 e. The molecule has 7 rings (SSSR count). The fourth-order valence-electron chi connectivity index (χ4n) is 5.84. The SMILES string of the molecule is COc1ccc2ccccc2c1-c1c2c(c3c(c1-c1cccc4ccccc14)COC3)COC2. The van der Waals surface area contributed by atoms with Crippen molar-refractivity contribution in [1.29, 1.82) is 0 Å². The lowest BCUT2D eigenvalue weighted by Crippen LogP contribution is -2.03. The first kappa shape index (κ1) is 19.8. The van der Waals surface area contributed by atoms with E-state index in [0.717, 1.165) is 11.3 Å². The zero-order chi connectivity index (χ0) is 22.6. The summed E-state index contributed by atoms with van der Waals surface area (Å²) in [4.78, 5) is 0. The summed E-state index contributed by atoms with van der Waals surface area (Å²) in [6.45, 7) is 2.49. The van der Waals surface area contributed by atoms with Crippen molar-refractivity contribution >= 4 is 21.5 Å². The minimum atomic E-state index is 0.599. The van der Waals surface area contributed by atoms with Gasteiger partial charge in [0.2, 0.25) is 0 Å². The van der Waals surface area contributed by atoms with Crippen LogP contribution in [0.15, 0.2) is 78.9 Å². The van der Waals surface area contributed by atoms with Crippen molar-refractivity contribution in [1.82, 2.24) is 0 Å². The van der Waals surface area contributed by atoms with Crippen LogP contribution >= 0.6 is 0 Å². The molecule has 0 atom stereocenters. The van der Waals surface area contributed by atoms with E-state index < -0.39 is 0 Å². The lowest BCUT2D eigenvalue weighted by molar-refractivity contribution is 0.126.